The molecule has 2 rings (SSSR count). The van der Waals surface area contributed by atoms with Crippen LogP contribution in [0.3, 0.4) is 0 Å². The first-order valence-corrected chi connectivity index (χ1v) is 4.62. The number of fused-ring (bicyclic) bond motifs is 1. The molecule has 0 amide bonds. The Kier molecular flexibility index (Phi) is 2.53. The van der Waals surface area contributed by atoms with E-state index in [1.54, 1.807) is 0 Å². The van der Waals surface area contributed by atoms with E-state index in [4.69, 9.17) is 0 Å². The molecular formula is C9H18FN. The van der Waals surface area contributed by atoms with Gasteiger partial charge in [0.2, 0.25) is 0 Å². The first kappa shape index (κ1) is 8.98. The highest BCUT2D eigenvalue weighted by Gasteiger charge is 2.42. The van der Waals surface area contributed by atoms with E-state index in [1.165, 1.54) is 45.2 Å². The molecule has 0 aromatic heterocycles. The zero-order valence-corrected chi connectivity index (χ0v) is 7.31. The average Bonchev–Trinajstić information content (AvgIpc) is 2.42. The molecule has 0 N–H and O–H groups in total. The molecule has 2 fully saturated rings. The highest BCUT2D eigenvalue weighted by molar-refractivity contribution is 4.98. The van der Waals surface area contributed by atoms with Gasteiger partial charge in [-0.05, 0) is 45.2 Å². The second-order valence-electron chi connectivity index (χ2n) is 3.77. The molecule has 66 valence electrons. The van der Waals surface area contributed by atoms with Crippen LogP contribution in [0.25, 0.3) is 0 Å². The van der Waals surface area contributed by atoms with Crippen molar-refractivity contribution in [3.05, 3.63) is 0 Å². The summed E-state index contributed by atoms with van der Waals surface area (Å²) in [5, 5.41) is 0. The third kappa shape index (κ3) is 1.18. The summed E-state index contributed by atoms with van der Waals surface area (Å²) < 4.78 is 0. The molecule has 2 heteroatoms. The molecule has 2 heterocycles. The minimum absolute atomic E-state index is 0. The zero-order valence-electron chi connectivity index (χ0n) is 7.31. The van der Waals surface area contributed by atoms with Gasteiger partial charge in [-0.25, -0.2) is 0 Å². The second kappa shape index (κ2) is 3.10. The smallest absolute Gasteiger partial charge is 0.0207 e. The normalized spacial score (nSPS) is 28.1. The molecular weight excluding hydrogens is 141 g/mol. The summed E-state index contributed by atoms with van der Waals surface area (Å²) in [5.41, 5.74) is 0.681. The Hall–Kier alpha value is -0.110. The van der Waals surface area contributed by atoms with Crippen molar-refractivity contribution in [1.29, 1.82) is 0 Å². The van der Waals surface area contributed by atoms with Crippen LogP contribution in [-0.4, -0.2) is 23.5 Å². The summed E-state index contributed by atoms with van der Waals surface area (Å²) in [7, 11) is 0. The predicted octanol–water partition coefficient (Wildman–Crippen LogP) is 2.18. The lowest BCUT2D eigenvalue weighted by atomic mass is 9.91. The predicted molar refractivity (Wildman–Crippen MR) is 45.6 cm³/mol. The molecule has 0 aromatic carbocycles. The monoisotopic (exact) mass is 159 g/mol. The topological polar surface area (TPSA) is 3.24 Å². The van der Waals surface area contributed by atoms with Crippen LogP contribution < -0.4 is 0 Å². The maximum absolute atomic E-state index is 2.72. The van der Waals surface area contributed by atoms with E-state index in [0.29, 0.717) is 5.54 Å². The van der Waals surface area contributed by atoms with Crippen LogP contribution in [0.1, 0.15) is 39.0 Å². The molecule has 1 nitrogen and oxygen atoms in total. The fourth-order valence-electron chi connectivity index (χ4n) is 2.80. The maximum Gasteiger partial charge on any atom is 0.0207 e. The van der Waals surface area contributed by atoms with Gasteiger partial charge in [0, 0.05) is 5.54 Å². The molecule has 2 aliphatic rings. The van der Waals surface area contributed by atoms with Crippen LogP contribution in [-0.2, 0) is 0 Å². The lowest BCUT2D eigenvalue weighted by molar-refractivity contribution is 0.189. The van der Waals surface area contributed by atoms with E-state index < -0.39 is 0 Å². The molecule has 0 bridgehead atoms. The molecule has 0 radical (unpaired) electrons. The van der Waals surface area contributed by atoms with Gasteiger partial charge in [-0.1, -0.05) is 6.92 Å². The van der Waals surface area contributed by atoms with Gasteiger partial charge < -0.3 is 0 Å². The van der Waals surface area contributed by atoms with Crippen LogP contribution in [0.2, 0.25) is 0 Å². The molecule has 11 heavy (non-hydrogen) atoms. The van der Waals surface area contributed by atoms with Crippen LogP contribution in [0.5, 0.6) is 0 Å². The number of rotatable bonds is 1. The summed E-state index contributed by atoms with van der Waals surface area (Å²) in [6.45, 7) is 5.12. The summed E-state index contributed by atoms with van der Waals surface area (Å²) in [4.78, 5) is 2.72. The largest absolute Gasteiger partial charge is 0.298 e. The molecule has 0 aromatic rings. The van der Waals surface area contributed by atoms with Gasteiger partial charge in [0.1, 0.15) is 0 Å². The lowest BCUT2D eigenvalue weighted by Gasteiger charge is -2.30. The van der Waals surface area contributed by atoms with Crippen LogP contribution in [0, 0.1) is 0 Å². The minimum atomic E-state index is 0. The van der Waals surface area contributed by atoms with Crippen molar-refractivity contribution in [3.8, 4) is 0 Å². The van der Waals surface area contributed by atoms with Gasteiger partial charge in [-0.2, -0.15) is 0 Å². The van der Waals surface area contributed by atoms with E-state index in [-0.39, 0.29) is 4.70 Å². The van der Waals surface area contributed by atoms with Crippen LogP contribution >= 0.6 is 0 Å². The van der Waals surface area contributed by atoms with Crippen LogP contribution in [0.4, 0.5) is 4.70 Å². The summed E-state index contributed by atoms with van der Waals surface area (Å²) in [6.07, 6.45) is 7.24. The zero-order chi connectivity index (χ0) is 7.03. The van der Waals surface area contributed by atoms with E-state index in [1.807, 2.05) is 0 Å². The third-order valence-corrected chi connectivity index (χ3v) is 3.47. The van der Waals surface area contributed by atoms with E-state index in [0.717, 1.165) is 0 Å². The van der Waals surface area contributed by atoms with Gasteiger partial charge in [-0.15, -0.1) is 0 Å². The van der Waals surface area contributed by atoms with Crippen molar-refractivity contribution < 1.29 is 4.70 Å². The van der Waals surface area contributed by atoms with Crippen LogP contribution in [0.15, 0.2) is 0 Å². The lowest BCUT2D eigenvalue weighted by Crippen LogP contribution is -2.37. The molecule has 2 saturated heterocycles. The molecule has 0 atom stereocenters. The van der Waals surface area contributed by atoms with Crippen molar-refractivity contribution in [1.82, 2.24) is 4.90 Å². The number of hydrogen-bond acceptors (Lipinski definition) is 1. The maximum atomic E-state index is 2.72. The Morgan fingerprint density at radius 3 is 2.09 bits per heavy atom. The van der Waals surface area contributed by atoms with Gasteiger partial charge in [-0.3, -0.25) is 9.60 Å². The van der Waals surface area contributed by atoms with Crippen molar-refractivity contribution in [2.45, 2.75) is 44.6 Å². The quantitative estimate of drug-likeness (QED) is 0.567. The Bertz CT molecular complexity index is 126. The Morgan fingerprint density at radius 1 is 1.18 bits per heavy atom. The molecule has 0 aliphatic carbocycles. The van der Waals surface area contributed by atoms with E-state index >= 15 is 0 Å². The highest BCUT2D eigenvalue weighted by Crippen LogP contribution is 2.40. The first-order chi connectivity index (χ1) is 4.87. The van der Waals surface area contributed by atoms with Crippen molar-refractivity contribution in [2.24, 2.45) is 0 Å². The number of nitrogens with zero attached hydrogens (tertiary/aromatic N) is 1. The van der Waals surface area contributed by atoms with E-state index in [2.05, 4.69) is 11.8 Å². The molecule has 0 unspecified atom stereocenters. The Balaban J connectivity index is 0.000000605. The molecule has 2 aliphatic heterocycles. The first-order valence-electron chi connectivity index (χ1n) is 4.62. The fourth-order valence-corrected chi connectivity index (χ4v) is 2.80. The van der Waals surface area contributed by atoms with Crippen molar-refractivity contribution in [3.63, 3.8) is 0 Å². The summed E-state index contributed by atoms with van der Waals surface area (Å²) >= 11 is 0. The third-order valence-electron chi connectivity index (χ3n) is 3.47. The number of hydrogen-bond donors (Lipinski definition) is 0. The standard InChI is InChI=1S/C9H17N.FH/c1-2-9-5-3-7-10(9)8-4-6-9;/h2-8H2,1H3;1H. The van der Waals surface area contributed by atoms with Gasteiger partial charge in [0.25, 0.3) is 0 Å². The van der Waals surface area contributed by atoms with E-state index in [9.17, 15) is 0 Å². The minimum Gasteiger partial charge on any atom is -0.298 e. The Morgan fingerprint density at radius 2 is 1.73 bits per heavy atom. The number of halogens is 1. The van der Waals surface area contributed by atoms with Crippen molar-refractivity contribution in [2.75, 3.05) is 13.1 Å². The van der Waals surface area contributed by atoms with Crippen molar-refractivity contribution >= 4 is 0 Å². The summed E-state index contributed by atoms with van der Waals surface area (Å²) in [6, 6.07) is 0. The van der Waals surface area contributed by atoms with Gasteiger partial charge >= 0.3 is 0 Å². The highest BCUT2D eigenvalue weighted by atomic mass is 19.0. The second-order valence-corrected chi connectivity index (χ2v) is 3.77. The molecule has 0 saturated carbocycles. The SMILES string of the molecule is CCC12CCCN1CCC2.F. The Labute approximate surface area is 68.1 Å². The fraction of sp³-hybridized carbons (Fsp3) is 1.00. The van der Waals surface area contributed by atoms with Gasteiger partial charge in [0.05, 0.1) is 0 Å². The van der Waals surface area contributed by atoms with Gasteiger partial charge in [0.15, 0.2) is 0 Å². The average molecular weight is 159 g/mol. The summed E-state index contributed by atoms with van der Waals surface area (Å²) in [5.74, 6) is 0. The molecule has 0 spiro atoms.